The lowest BCUT2D eigenvalue weighted by Crippen LogP contribution is -2.48. The average molecular weight is 632 g/mol. The van der Waals surface area contributed by atoms with E-state index in [9.17, 15) is 14.3 Å². The lowest BCUT2D eigenvalue weighted by Gasteiger charge is -2.34. The maximum atomic E-state index is 13.7. The number of hydrogen-bond donors (Lipinski definition) is 1. The van der Waals surface area contributed by atoms with Gasteiger partial charge in [0.15, 0.2) is 5.60 Å². The van der Waals surface area contributed by atoms with E-state index in [0.717, 1.165) is 26.9 Å². The Morgan fingerprint density at radius 1 is 1.16 bits per heavy atom. The topological polar surface area (TPSA) is 89.1 Å². The minimum Gasteiger partial charge on any atom is -0.376 e. The third kappa shape index (κ3) is 4.75. The number of aromatic nitrogens is 5. The predicted molar refractivity (Wildman–Crippen MR) is 143 cm³/mol. The van der Waals surface area contributed by atoms with E-state index < -0.39 is 17.3 Å². The van der Waals surface area contributed by atoms with Crippen molar-refractivity contribution in [3.05, 3.63) is 85.9 Å². The number of halogens is 3. The van der Waals surface area contributed by atoms with Crippen LogP contribution in [0.2, 0.25) is 0 Å². The highest BCUT2D eigenvalue weighted by Crippen LogP contribution is 2.32. The quantitative estimate of drug-likeness (QED) is 0.336. The van der Waals surface area contributed by atoms with Crippen molar-refractivity contribution in [1.82, 2.24) is 29.7 Å². The molecule has 1 aliphatic heterocycles. The van der Waals surface area contributed by atoms with Crippen molar-refractivity contribution in [2.45, 2.75) is 45.5 Å². The summed E-state index contributed by atoms with van der Waals surface area (Å²) in [7, 11) is 0. The second-order valence-corrected chi connectivity index (χ2v) is 11.1. The first-order valence-electron chi connectivity index (χ1n) is 11.8. The van der Waals surface area contributed by atoms with E-state index in [0.29, 0.717) is 24.3 Å². The van der Waals surface area contributed by atoms with Crippen LogP contribution in [-0.2, 0) is 23.5 Å². The van der Waals surface area contributed by atoms with Crippen molar-refractivity contribution in [3.63, 3.8) is 0 Å². The van der Waals surface area contributed by atoms with E-state index in [-0.39, 0.29) is 17.1 Å². The van der Waals surface area contributed by atoms with E-state index in [1.165, 1.54) is 25.1 Å². The molecule has 1 amide bonds. The van der Waals surface area contributed by atoms with Crippen molar-refractivity contribution < 1.29 is 14.3 Å². The van der Waals surface area contributed by atoms with Gasteiger partial charge in [-0.2, -0.15) is 5.10 Å². The Morgan fingerprint density at radius 3 is 2.68 bits per heavy atom. The SMILES string of the molecule is Cc1cc([C@H](C)n2cc(-c3cnn4c3CN(C(=O)C(C)(O)c3ccc(F)c(Br)c3)CC4)nn2)ccc1Br. The zero-order valence-corrected chi connectivity index (χ0v) is 23.7. The van der Waals surface area contributed by atoms with Crippen LogP contribution in [0, 0.1) is 12.7 Å². The number of rotatable bonds is 5. The Bertz CT molecular complexity index is 1500. The lowest BCUT2D eigenvalue weighted by molar-refractivity contribution is -0.152. The highest BCUT2D eigenvalue weighted by molar-refractivity contribution is 9.10. The molecule has 1 unspecified atom stereocenters. The fourth-order valence-corrected chi connectivity index (χ4v) is 5.16. The van der Waals surface area contributed by atoms with Gasteiger partial charge in [0.05, 0.1) is 41.7 Å². The number of amides is 1. The first-order chi connectivity index (χ1) is 17.6. The van der Waals surface area contributed by atoms with Crippen LogP contribution in [0.5, 0.6) is 0 Å². The Hall–Kier alpha value is -2.89. The van der Waals surface area contributed by atoms with Gasteiger partial charge in [-0.15, -0.1) is 5.10 Å². The lowest BCUT2D eigenvalue weighted by atomic mass is 9.94. The molecular weight excluding hydrogens is 607 g/mol. The molecule has 3 heterocycles. The molecule has 0 bridgehead atoms. The molecule has 0 saturated heterocycles. The van der Waals surface area contributed by atoms with Crippen LogP contribution in [0.3, 0.4) is 0 Å². The van der Waals surface area contributed by atoms with Gasteiger partial charge in [-0.3, -0.25) is 9.48 Å². The minimum atomic E-state index is -1.82. The van der Waals surface area contributed by atoms with Crippen molar-refractivity contribution >= 4 is 37.8 Å². The molecule has 4 aromatic rings. The number of carbonyl (C=O) groups excluding carboxylic acids is 1. The smallest absolute Gasteiger partial charge is 0.259 e. The van der Waals surface area contributed by atoms with Crippen molar-refractivity contribution in [2.24, 2.45) is 0 Å². The number of aryl methyl sites for hydroxylation is 1. The Labute approximate surface area is 230 Å². The van der Waals surface area contributed by atoms with Crippen LogP contribution >= 0.6 is 31.9 Å². The van der Waals surface area contributed by atoms with E-state index >= 15 is 0 Å². The van der Waals surface area contributed by atoms with Gasteiger partial charge in [-0.1, -0.05) is 39.3 Å². The molecular formula is C26H25Br2FN6O2. The highest BCUT2D eigenvalue weighted by atomic mass is 79.9. The number of hydrogen-bond acceptors (Lipinski definition) is 5. The largest absolute Gasteiger partial charge is 0.376 e. The number of benzene rings is 2. The van der Waals surface area contributed by atoms with E-state index in [1.807, 2.05) is 28.6 Å². The van der Waals surface area contributed by atoms with Gasteiger partial charge in [-0.25, -0.2) is 9.07 Å². The molecule has 2 aromatic heterocycles. The molecule has 11 heteroatoms. The van der Waals surface area contributed by atoms with Crippen LogP contribution in [-0.4, -0.2) is 47.2 Å². The summed E-state index contributed by atoms with van der Waals surface area (Å²) < 4.78 is 18.6. The molecule has 1 N–H and O–H groups in total. The van der Waals surface area contributed by atoms with Gasteiger partial charge in [0.1, 0.15) is 11.5 Å². The van der Waals surface area contributed by atoms with Crippen molar-refractivity contribution in [1.29, 1.82) is 0 Å². The van der Waals surface area contributed by atoms with E-state index in [4.69, 9.17) is 0 Å². The average Bonchev–Trinajstić information content (AvgIpc) is 3.53. The molecule has 0 spiro atoms. The summed E-state index contributed by atoms with van der Waals surface area (Å²) >= 11 is 6.67. The summed E-state index contributed by atoms with van der Waals surface area (Å²) in [4.78, 5) is 15.0. The second kappa shape index (κ2) is 9.77. The molecule has 37 heavy (non-hydrogen) atoms. The van der Waals surface area contributed by atoms with Crippen LogP contribution in [0.25, 0.3) is 11.3 Å². The summed E-state index contributed by atoms with van der Waals surface area (Å²) in [6.45, 7) is 6.65. The van der Waals surface area contributed by atoms with Crippen LogP contribution < -0.4 is 0 Å². The van der Waals surface area contributed by atoms with Gasteiger partial charge in [-0.05, 0) is 71.6 Å². The summed E-state index contributed by atoms with van der Waals surface area (Å²) in [5.74, 6) is -0.927. The highest BCUT2D eigenvalue weighted by Gasteiger charge is 2.38. The fourth-order valence-electron chi connectivity index (χ4n) is 4.53. The van der Waals surface area contributed by atoms with Gasteiger partial charge >= 0.3 is 0 Å². The monoisotopic (exact) mass is 630 g/mol. The Balaban J connectivity index is 1.39. The minimum absolute atomic E-state index is 0.0253. The van der Waals surface area contributed by atoms with E-state index in [1.54, 1.807) is 11.1 Å². The standard InChI is InChI=1S/C26H25Br2FN6O2/c1-15-10-17(4-6-20(15)27)16(2)35-13-23(31-32-35)19-12-30-34-9-8-33(14-24(19)34)25(36)26(3,37)18-5-7-22(29)21(28)11-18/h4-7,10-13,16,37H,8-9,14H2,1-3H3/t16-,26?/m0/s1. The number of aliphatic hydroxyl groups is 1. The molecule has 2 atom stereocenters. The maximum Gasteiger partial charge on any atom is 0.259 e. The summed E-state index contributed by atoms with van der Waals surface area (Å²) in [6, 6.07) is 10.3. The first kappa shape index (κ1) is 25.7. The summed E-state index contributed by atoms with van der Waals surface area (Å²) in [5, 5.41) is 24.4. The van der Waals surface area contributed by atoms with Gasteiger partial charge in [0.25, 0.3) is 5.91 Å². The van der Waals surface area contributed by atoms with Crippen LogP contribution in [0.15, 0.2) is 57.7 Å². The molecule has 0 aliphatic carbocycles. The van der Waals surface area contributed by atoms with E-state index in [2.05, 4.69) is 66.3 Å². The third-order valence-electron chi connectivity index (χ3n) is 6.90. The normalized spacial score (nSPS) is 15.8. The van der Waals surface area contributed by atoms with Gasteiger partial charge < -0.3 is 10.0 Å². The molecule has 1 aliphatic rings. The summed E-state index contributed by atoms with van der Waals surface area (Å²) in [6.07, 6.45) is 3.62. The van der Waals surface area contributed by atoms with Crippen molar-refractivity contribution in [2.75, 3.05) is 6.54 Å². The number of carbonyl (C=O) groups is 1. The first-order valence-corrected chi connectivity index (χ1v) is 13.3. The molecule has 0 fully saturated rings. The maximum absolute atomic E-state index is 13.7. The number of fused-ring (bicyclic) bond motifs is 1. The zero-order chi connectivity index (χ0) is 26.5. The molecule has 2 aromatic carbocycles. The molecule has 5 rings (SSSR count). The van der Waals surface area contributed by atoms with Gasteiger partial charge in [0, 0.05) is 16.6 Å². The van der Waals surface area contributed by atoms with Gasteiger partial charge in [0.2, 0.25) is 0 Å². The summed E-state index contributed by atoms with van der Waals surface area (Å²) in [5.41, 5.74) is 3.00. The third-order valence-corrected chi connectivity index (χ3v) is 8.40. The number of nitrogens with zero attached hydrogens (tertiary/aromatic N) is 6. The molecule has 0 saturated carbocycles. The Kier molecular flexibility index (Phi) is 6.80. The Morgan fingerprint density at radius 2 is 1.95 bits per heavy atom. The zero-order valence-electron chi connectivity index (χ0n) is 20.5. The van der Waals surface area contributed by atoms with Crippen LogP contribution in [0.4, 0.5) is 4.39 Å². The fraction of sp³-hybridized carbons (Fsp3) is 0.308. The van der Waals surface area contributed by atoms with Crippen LogP contribution in [0.1, 0.15) is 42.3 Å². The van der Waals surface area contributed by atoms with Crippen molar-refractivity contribution in [3.8, 4) is 11.3 Å². The predicted octanol–water partition coefficient (Wildman–Crippen LogP) is 4.97. The molecule has 0 radical (unpaired) electrons. The molecule has 192 valence electrons. The second-order valence-electron chi connectivity index (χ2n) is 9.42. The molecule has 8 nitrogen and oxygen atoms in total.